The Labute approximate surface area is 203 Å². The Hall–Kier alpha value is -4.45. The van der Waals surface area contributed by atoms with Gasteiger partial charge in [0.2, 0.25) is 0 Å². The lowest BCUT2D eigenvalue weighted by Gasteiger charge is -2.27. The number of hydrogen-bond acceptors (Lipinski definition) is 4. The molecule has 0 saturated carbocycles. The van der Waals surface area contributed by atoms with Gasteiger partial charge >= 0.3 is 5.97 Å². The Morgan fingerprint density at radius 1 is 0.943 bits per heavy atom. The van der Waals surface area contributed by atoms with E-state index in [1.54, 1.807) is 12.1 Å². The summed E-state index contributed by atoms with van der Waals surface area (Å²) < 4.78 is 0. The van der Waals surface area contributed by atoms with Gasteiger partial charge in [0.1, 0.15) is 0 Å². The molecule has 1 aliphatic heterocycles. The highest BCUT2D eigenvalue weighted by Gasteiger charge is 2.43. The number of anilines is 1. The molecular formula is C29H25NO5. The number of hydrogen-bond donors (Lipinski definition) is 2. The zero-order valence-electron chi connectivity index (χ0n) is 19.4. The summed E-state index contributed by atoms with van der Waals surface area (Å²) in [6, 6.07) is 21.7. The van der Waals surface area contributed by atoms with Crippen LogP contribution in [0, 0.1) is 0 Å². The zero-order chi connectivity index (χ0) is 25.1. The summed E-state index contributed by atoms with van der Waals surface area (Å²) in [5, 5.41) is 20.3. The predicted octanol–water partition coefficient (Wildman–Crippen LogP) is 5.69. The second kappa shape index (κ2) is 9.81. The van der Waals surface area contributed by atoms with Crippen LogP contribution in [-0.2, 0) is 9.59 Å². The first-order valence-corrected chi connectivity index (χ1v) is 11.2. The van der Waals surface area contributed by atoms with E-state index in [1.165, 1.54) is 29.2 Å². The molecule has 176 valence electrons. The van der Waals surface area contributed by atoms with Crippen LogP contribution in [-0.4, -0.2) is 27.9 Å². The van der Waals surface area contributed by atoms with Gasteiger partial charge in [0.15, 0.2) is 11.5 Å². The largest absolute Gasteiger partial charge is 0.503 e. The Bertz CT molecular complexity index is 1340. The normalized spacial score (nSPS) is 15.9. The number of carboxylic acids is 1. The fourth-order valence-corrected chi connectivity index (χ4v) is 4.12. The first-order chi connectivity index (χ1) is 16.8. The molecule has 35 heavy (non-hydrogen) atoms. The summed E-state index contributed by atoms with van der Waals surface area (Å²) in [5.74, 6) is -2.77. The molecule has 0 aliphatic carbocycles. The van der Waals surface area contributed by atoms with Gasteiger partial charge in [0.25, 0.3) is 5.91 Å². The second-order valence-electron chi connectivity index (χ2n) is 8.63. The SMILES string of the molecule is CC(C)c1ccc([C@H]2C(C(=O)/C=C/c3ccccc3)=C(O)C(=O)N2c2cccc(C(=O)O)c2)cc1. The Kier molecular flexibility index (Phi) is 6.64. The molecule has 4 rings (SSSR count). The summed E-state index contributed by atoms with van der Waals surface area (Å²) >= 11 is 0. The molecule has 6 nitrogen and oxygen atoms in total. The maximum Gasteiger partial charge on any atom is 0.335 e. The third-order valence-corrected chi connectivity index (χ3v) is 5.99. The monoisotopic (exact) mass is 467 g/mol. The van der Waals surface area contributed by atoms with Gasteiger partial charge in [-0.2, -0.15) is 0 Å². The van der Waals surface area contributed by atoms with Crippen molar-refractivity contribution >= 4 is 29.4 Å². The quantitative estimate of drug-likeness (QED) is 0.435. The van der Waals surface area contributed by atoms with Crippen molar-refractivity contribution in [2.24, 2.45) is 0 Å². The lowest BCUT2D eigenvalue weighted by atomic mass is 9.93. The molecule has 1 amide bonds. The minimum absolute atomic E-state index is 0.00699. The van der Waals surface area contributed by atoms with Gasteiger partial charge in [-0.05, 0) is 46.9 Å². The molecule has 1 aliphatic rings. The molecule has 3 aromatic rings. The van der Waals surface area contributed by atoms with Crippen LogP contribution >= 0.6 is 0 Å². The molecule has 1 heterocycles. The van der Waals surface area contributed by atoms with Crippen LogP contribution in [0.4, 0.5) is 5.69 Å². The number of nitrogens with zero attached hydrogens (tertiary/aromatic N) is 1. The Morgan fingerprint density at radius 3 is 2.26 bits per heavy atom. The van der Waals surface area contributed by atoms with E-state index in [-0.39, 0.29) is 22.7 Å². The lowest BCUT2D eigenvalue weighted by Crippen LogP contribution is -2.31. The molecule has 0 radical (unpaired) electrons. The van der Waals surface area contributed by atoms with Crippen molar-refractivity contribution in [1.29, 1.82) is 0 Å². The fourth-order valence-electron chi connectivity index (χ4n) is 4.12. The molecule has 3 aromatic carbocycles. The van der Waals surface area contributed by atoms with Gasteiger partial charge in [-0.1, -0.05) is 80.6 Å². The number of amides is 1. The third kappa shape index (κ3) is 4.77. The third-order valence-electron chi connectivity index (χ3n) is 5.99. The van der Waals surface area contributed by atoms with Crippen molar-refractivity contribution in [3.05, 3.63) is 119 Å². The number of aliphatic hydroxyl groups excluding tert-OH is 1. The zero-order valence-corrected chi connectivity index (χ0v) is 19.4. The minimum atomic E-state index is -1.14. The number of rotatable bonds is 7. The molecule has 0 bridgehead atoms. The number of carbonyl (C=O) groups is 3. The van der Waals surface area contributed by atoms with Crippen LogP contribution in [0.3, 0.4) is 0 Å². The first-order valence-electron chi connectivity index (χ1n) is 11.2. The molecule has 0 spiro atoms. The maximum absolute atomic E-state index is 13.3. The summed E-state index contributed by atoms with van der Waals surface area (Å²) in [6.45, 7) is 4.12. The van der Waals surface area contributed by atoms with Crippen molar-refractivity contribution in [3.8, 4) is 0 Å². The van der Waals surface area contributed by atoms with E-state index in [1.807, 2.05) is 54.6 Å². The van der Waals surface area contributed by atoms with E-state index in [2.05, 4.69) is 13.8 Å². The fraction of sp³-hybridized carbons (Fsp3) is 0.138. The van der Waals surface area contributed by atoms with Crippen LogP contribution in [0.1, 0.15) is 52.9 Å². The van der Waals surface area contributed by atoms with Crippen LogP contribution in [0.5, 0.6) is 0 Å². The topological polar surface area (TPSA) is 94.9 Å². The standard InChI is InChI=1S/C29H25NO5/c1-18(2)20-12-14-21(15-13-20)26-25(24(31)16-11-19-7-4-3-5-8-19)27(32)28(33)30(26)23-10-6-9-22(17-23)29(34)35/h3-18,26,32H,1-2H3,(H,34,35)/b16-11+/t26-/m0/s1. The van der Waals surface area contributed by atoms with Gasteiger partial charge < -0.3 is 10.2 Å². The molecule has 6 heteroatoms. The van der Waals surface area contributed by atoms with Crippen LogP contribution < -0.4 is 4.90 Å². The van der Waals surface area contributed by atoms with Crippen molar-refractivity contribution < 1.29 is 24.6 Å². The highest BCUT2D eigenvalue weighted by atomic mass is 16.4. The molecule has 0 unspecified atom stereocenters. The molecule has 1 atom stereocenters. The number of aliphatic hydroxyl groups is 1. The van der Waals surface area contributed by atoms with Crippen molar-refractivity contribution in [3.63, 3.8) is 0 Å². The molecule has 0 aromatic heterocycles. The highest BCUT2D eigenvalue weighted by molar-refractivity contribution is 6.20. The number of allylic oxidation sites excluding steroid dienone is 1. The van der Waals surface area contributed by atoms with E-state index in [0.29, 0.717) is 5.56 Å². The van der Waals surface area contributed by atoms with Crippen molar-refractivity contribution in [2.75, 3.05) is 4.90 Å². The van der Waals surface area contributed by atoms with E-state index in [4.69, 9.17) is 0 Å². The smallest absolute Gasteiger partial charge is 0.335 e. The number of carboxylic acid groups (broad SMARTS) is 1. The van der Waals surface area contributed by atoms with Crippen molar-refractivity contribution in [1.82, 2.24) is 0 Å². The molecule has 0 saturated heterocycles. The summed E-state index contributed by atoms with van der Waals surface area (Å²) in [6.07, 6.45) is 2.96. The van der Waals surface area contributed by atoms with E-state index in [9.17, 15) is 24.6 Å². The van der Waals surface area contributed by atoms with Gasteiger partial charge in [-0.25, -0.2) is 4.79 Å². The van der Waals surface area contributed by atoms with E-state index in [0.717, 1.165) is 11.1 Å². The van der Waals surface area contributed by atoms with Crippen LogP contribution in [0.15, 0.2) is 96.3 Å². The van der Waals surface area contributed by atoms with Crippen LogP contribution in [0.25, 0.3) is 6.08 Å². The summed E-state index contributed by atoms with van der Waals surface area (Å²) in [7, 11) is 0. The first kappa shape index (κ1) is 23.7. The predicted molar refractivity (Wildman–Crippen MR) is 134 cm³/mol. The van der Waals surface area contributed by atoms with E-state index < -0.39 is 29.5 Å². The van der Waals surface area contributed by atoms with Gasteiger partial charge in [-0.3, -0.25) is 14.5 Å². The van der Waals surface area contributed by atoms with E-state index >= 15 is 0 Å². The molecule has 0 fully saturated rings. The second-order valence-corrected chi connectivity index (χ2v) is 8.63. The molecular weight excluding hydrogens is 442 g/mol. The lowest BCUT2D eigenvalue weighted by molar-refractivity contribution is -0.117. The number of benzene rings is 3. The summed E-state index contributed by atoms with van der Waals surface area (Å²) in [5.41, 5.74) is 2.72. The van der Waals surface area contributed by atoms with Gasteiger partial charge in [0.05, 0.1) is 17.2 Å². The number of carbonyl (C=O) groups excluding carboxylic acids is 2. The van der Waals surface area contributed by atoms with Crippen LogP contribution in [0.2, 0.25) is 0 Å². The van der Waals surface area contributed by atoms with Crippen molar-refractivity contribution in [2.45, 2.75) is 25.8 Å². The van der Waals surface area contributed by atoms with Gasteiger partial charge in [0, 0.05) is 5.69 Å². The average Bonchev–Trinajstić information content (AvgIpc) is 3.13. The summed E-state index contributed by atoms with van der Waals surface area (Å²) in [4.78, 5) is 39.3. The maximum atomic E-state index is 13.3. The average molecular weight is 468 g/mol. The molecule has 2 N–H and O–H groups in total. The Balaban J connectivity index is 1.81. The van der Waals surface area contributed by atoms with Gasteiger partial charge in [-0.15, -0.1) is 0 Å². The highest BCUT2D eigenvalue weighted by Crippen LogP contribution is 2.41. The number of ketones is 1. The Morgan fingerprint density at radius 2 is 1.63 bits per heavy atom. The minimum Gasteiger partial charge on any atom is -0.503 e. The number of aromatic carboxylic acids is 1.